The molecule has 3 heterocycles. The summed E-state index contributed by atoms with van der Waals surface area (Å²) in [6, 6.07) is 13.1. The van der Waals surface area contributed by atoms with Crippen molar-refractivity contribution in [3.05, 3.63) is 78.5 Å². The van der Waals surface area contributed by atoms with Gasteiger partial charge in [-0.25, -0.2) is 4.98 Å². The van der Waals surface area contributed by atoms with Crippen LogP contribution in [0.25, 0.3) is 16.8 Å². The van der Waals surface area contributed by atoms with Gasteiger partial charge in [-0.15, -0.1) is 0 Å². The summed E-state index contributed by atoms with van der Waals surface area (Å²) in [6.07, 6.45) is 7.23. The Bertz CT molecular complexity index is 939. The number of carbonyl (C=O) groups excluding carboxylic acids is 1. The number of imidazole rings is 1. The Morgan fingerprint density at radius 1 is 1.09 bits per heavy atom. The first-order chi connectivity index (χ1) is 10.8. The molecule has 3 aromatic heterocycles. The minimum atomic E-state index is -0.0749. The van der Waals surface area contributed by atoms with Crippen LogP contribution in [-0.2, 0) is 0 Å². The van der Waals surface area contributed by atoms with E-state index < -0.39 is 0 Å². The summed E-state index contributed by atoms with van der Waals surface area (Å²) in [4.78, 5) is 16.9. The predicted octanol–water partition coefficient (Wildman–Crippen LogP) is 2.96. The monoisotopic (exact) mass is 288 g/mol. The van der Waals surface area contributed by atoms with Crippen LogP contribution in [0, 0.1) is 0 Å². The molecule has 0 aliphatic rings. The van der Waals surface area contributed by atoms with Crippen molar-refractivity contribution < 1.29 is 4.79 Å². The highest BCUT2D eigenvalue weighted by molar-refractivity contribution is 6.08. The van der Waals surface area contributed by atoms with Gasteiger partial charge in [0.05, 0.1) is 6.20 Å². The quantitative estimate of drug-likeness (QED) is 0.589. The maximum absolute atomic E-state index is 12.4. The van der Waals surface area contributed by atoms with Gasteiger partial charge in [-0.05, 0) is 17.7 Å². The number of nitrogens with one attached hydrogen (secondary N) is 1. The van der Waals surface area contributed by atoms with Gasteiger partial charge in [-0.1, -0.05) is 30.3 Å². The molecule has 0 amide bonds. The molecule has 4 rings (SSSR count). The first-order valence-corrected chi connectivity index (χ1v) is 6.89. The number of H-pyrrole nitrogens is 1. The smallest absolute Gasteiger partial charge is 0.212 e. The Morgan fingerprint density at radius 3 is 2.73 bits per heavy atom. The number of hydrogen-bond donors (Lipinski definition) is 1. The Kier molecular flexibility index (Phi) is 2.83. The van der Waals surface area contributed by atoms with Gasteiger partial charge in [0.25, 0.3) is 0 Å². The third kappa shape index (κ3) is 2.09. The summed E-state index contributed by atoms with van der Waals surface area (Å²) in [6.45, 7) is 0. The molecule has 0 fully saturated rings. The zero-order valence-electron chi connectivity index (χ0n) is 11.6. The maximum atomic E-state index is 12.4. The highest BCUT2D eigenvalue weighted by Crippen LogP contribution is 2.20. The maximum Gasteiger partial charge on any atom is 0.212 e. The number of fused-ring (bicyclic) bond motifs is 1. The van der Waals surface area contributed by atoms with Crippen LogP contribution in [0.15, 0.2) is 67.3 Å². The topological polar surface area (TPSA) is 63.1 Å². The molecule has 0 saturated carbocycles. The minimum Gasteiger partial charge on any atom is -0.306 e. The molecule has 0 aliphatic carbocycles. The molecule has 106 valence electrons. The van der Waals surface area contributed by atoms with Crippen molar-refractivity contribution in [2.24, 2.45) is 0 Å². The van der Waals surface area contributed by atoms with Crippen LogP contribution in [0.1, 0.15) is 16.1 Å². The Hall–Kier alpha value is -3.21. The van der Waals surface area contributed by atoms with E-state index in [1.807, 2.05) is 47.1 Å². The van der Waals surface area contributed by atoms with Crippen molar-refractivity contribution in [3.8, 4) is 11.1 Å². The third-order valence-electron chi connectivity index (χ3n) is 3.56. The highest BCUT2D eigenvalue weighted by atomic mass is 16.1. The van der Waals surface area contributed by atoms with E-state index in [1.54, 1.807) is 24.5 Å². The SMILES string of the molecule is O=C(c1ccccc1)c1cn2ccc(-c3cn[nH]c3)cc2n1. The molecular weight excluding hydrogens is 276 g/mol. The number of aromatic amines is 1. The van der Waals surface area contributed by atoms with Crippen molar-refractivity contribution in [3.63, 3.8) is 0 Å². The number of rotatable bonds is 3. The van der Waals surface area contributed by atoms with Crippen LogP contribution < -0.4 is 0 Å². The normalized spacial score (nSPS) is 10.9. The summed E-state index contributed by atoms with van der Waals surface area (Å²) < 4.78 is 1.85. The standard InChI is InChI=1S/C17H12N4O/c22-17(12-4-2-1-3-5-12)15-11-21-7-6-13(8-16(21)20-15)14-9-18-19-10-14/h1-11H,(H,18,19). The van der Waals surface area contributed by atoms with Crippen molar-refractivity contribution in [2.45, 2.75) is 0 Å². The summed E-state index contributed by atoms with van der Waals surface area (Å²) in [7, 11) is 0. The van der Waals surface area contributed by atoms with Crippen LogP contribution in [0.2, 0.25) is 0 Å². The second kappa shape index (κ2) is 4.96. The van der Waals surface area contributed by atoms with Crippen molar-refractivity contribution in [1.29, 1.82) is 0 Å². The molecule has 1 N–H and O–H groups in total. The number of ketones is 1. The Morgan fingerprint density at radius 2 is 1.95 bits per heavy atom. The molecule has 1 aromatic carbocycles. The molecule has 0 aliphatic heterocycles. The summed E-state index contributed by atoms with van der Waals surface area (Å²) in [5.41, 5.74) is 3.81. The second-order valence-corrected chi connectivity index (χ2v) is 4.99. The first-order valence-electron chi connectivity index (χ1n) is 6.89. The van der Waals surface area contributed by atoms with Crippen molar-refractivity contribution in [1.82, 2.24) is 19.6 Å². The molecule has 0 bridgehead atoms. The molecule has 0 radical (unpaired) electrons. The van der Waals surface area contributed by atoms with E-state index in [2.05, 4.69) is 15.2 Å². The molecule has 22 heavy (non-hydrogen) atoms. The fourth-order valence-corrected chi connectivity index (χ4v) is 2.42. The lowest BCUT2D eigenvalue weighted by Crippen LogP contribution is -2.00. The number of nitrogens with zero attached hydrogens (tertiary/aromatic N) is 3. The first kappa shape index (κ1) is 12.5. The van der Waals surface area contributed by atoms with Gasteiger partial charge >= 0.3 is 0 Å². The van der Waals surface area contributed by atoms with Crippen molar-refractivity contribution in [2.75, 3.05) is 0 Å². The van der Waals surface area contributed by atoms with Gasteiger partial charge in [0, 0.05) is 29.7 Å². The largest absolute Gasteiger partial charge is 0.306 e. The van der Waals surface area contributed by atoms with E-state index in [4.69, 9.17) is 0 Å². The minimum absolute atomic E-state index is 0.0749. The predicted molar refractivity (Wildman–Crippen MR) is 82.6 cm³/mol. The summed E-state index contributed by atoms with van der Waals surface area (Å²) >= 11 is 0. The Labute approximate surface area is 126 Å². The zero-order valence-corrected chi connectivity index (χ0v) is 11.6. The van der Waals surface area contributed by atoms with Crippen LogP contribution in [0.5, 0.6) is 0 Å². The van der Waals surface area contributed by atoms with E-state index in [-0.39, 0.29) is 5.78 Å². The third-order valence-corrected chi connectivity index (χ3v) is 3.56. The van der Waals surface area contributed by atoms with Gasteiger partial charge in [0.1, 0.15) is 11.3 Å². The number of benzene rings is 1. The van der Waals surface area contributed by atoms with E-state index >= 15 is 0 Å². The molecule has 0 unspecified atom stereocenters. The van der Waals surface area contributed by atoms with Gasteiger partial charge < -0.3 is 4.40 Å². The van der Waals surface area contributed by atoms with E-state index in [0.717, 1.165) is 16.8 Å². The number of hydrogen-bond acceptors (Lipinski definition) is 3. The van der Waals surface area contributed by atoms with Gasteiger partial charge in [-0.2, -0.15) is 5.10 Å². The molecule has 5 heteroatoms. The average Bonchev–Trinajstić information content (AvgIpc) is 3.23. The van der Waals surface area contributed by atoms with Gasteiger partial charge in [0.2, 0.25) is 5.78 Å². The lowest BCUT2D eigenvalue weighted by Gasteiger charge is -1.97. The highest BCUT2D eigenvalue weighted by Gasteiger charge is 2.13. The van der Waals surface area contributed by atoms with Crippen LogP contribution in [0.3, 0.4) is 0 Å². The van der Waals surface area contributed by atoms with Gasteiger partial charge in [0.15, 0.2) is 0 Å². The molecule has 0 spiro atoms. The van der Waals surface area contributed by atoms with Crippen LogP contribution >= 0.6 is 0 Å². The average molecular weight is 288 g/mol. The van der Waals surface area contributed by atoms with Crippen LogP contribution in [-0.4, -0.2) is 25.4 Å². The molecule has 0 atom stereocenters. The van der Waals surface area contributed by atoms with Crippen LogP contribution in [0.4, 0.5) is 0 Å². The summed E-state index contributed by atoms with van der Waals surface area (Å²) in [5, 5.41) is 6.74. The number of pyridine rings is 1. The Balaban J connectivity index is 1.76. The molecule has 4 aromatic rings. The molecule has 0 saturated heterocycles. The second-order valence-electron chi connectivity index (χ2n) is 4.99. The molecular formula is C17H12N4O. The molecule has 5 nitrogen and oxygen atoms in total. The van der Waals surface area contributed by atoms with Gasteiger partial charge in [-0.3, -0.25) is 9.89 Å². The van der Waals surface area contributed by atoms with E-state index in [1.165, 1.54) is 0 Å². The van der Waals surface area contributed by atoms with E-state index in [9.17, 15) is 4.79 Å². The summed E-state index contributed by atoms with van der Waals surface area (Å²) in [5.74, 6) is -0.0749. The fourth-order valence-electron chi connectivity index (χ4n) is 2.42. The number of carbonyl (C=O) groups is 1. The van der Waals surface area contributed by atoms with E-state index in [0.29, 0.717) is 11.3 Å². The van der Waals surface area contributed by atoms with Crippen molar-refractivity contribution >= 4 is 11.4 Å². The lowest BCUT2D eigenvalue weighted by molar-refractivity contribution is 0.103. The lowest BCUT2D eigenvalue weighted by atomic mass is 10.1. The number of aromatic nitrogens is 4. The zero-order chi connectivity index (χ0) is 14.9. The fraction of sp³-hybridized carbons (Fsp3) is 0.